The molecule has 0 aliphatic heterocycles. The second kappa shape index (κ2) is 7.85. The van der Waals surface area contributed by atoms with Crippen molar-refractivity contribution in [2.45, 2.75) is 11.3 Å². The number of methoxy groups -OCH3 is 1. The highest BCUT2D eigenvalue weighted by atomic mass is 32.2. The zero-order chi connectivity index (χ0) is 17.6. The Balaban J connectivity index is 1.64. The van der Waals surface area contributed by atoms with Crippen LogP contribution in [0.15, 0.2) is 64.2 Å². The van der Waals surface area contributed by atoms with E-state index in [1.165, 1.54) is 18.9 Å². The van der Waals surface area contributed by atoms with Gasteiger partial charge in [-0.3, -0.25) is 4.79 Å². The van der Waals surface area contributed by atoms with Gasteiger partial charge in [0.1, 0.15) is 5.52 Å². The third-order valence-corrected chi connectivity index (χ3v) is 4.30. The largest absolute Gasteiger partial charge is 0.467 e. The first-order valence-electron chi connectivity index (χ1n) is 7.58. The van der Waals surface area contributed by atoms with Crippen LogP contribution in [0.25, 0.3) is 11.1 Å². The minimum atomic E-state index is -0.845. The van der Waals surface area contributed by atoms with Crippen LogP contribution < -0.4 is 5.32 Å². The monoisotopic (exact) mass is 356 g/mol. The lowest BCUT2D eigenvalue weighted by atomic mass is 10.1. The van der Waals surface area contributed by atoms with Gasteiger partial charge in [0.2, 0.25) is 5.91 Å². The minimum Gasteiger partial charge on any atom is -0.467 e. The van der Waals surface area contributed by atoms with Gasteiger partial charge in [-0.05, 0) is 17.7 Å². The maximum atomic E-state index is 12.2. The van der Waals surface area contributed by atoms with Crippen LogP contribution in [-0.4, -0.2) is 29.7 Å². The first-order valence-corrected chi connectivity index (χ1v) is 8.56. The molecule has 6 nitrogen and oxygen atoms in total. The Bertz CT molecular complexity index is 846. The average Bonchev–Trinajstić information content (AvgIpc) is 3.07. The number of hydrogen-bond donors (Lipinski definition) is 1. The normalized spacial score (nSPS) is 11.9. The number of thioether (sulfide) groups is 1. The van der Waals surface area contributed by atoms with E-state index in [9.17, 15) is 9.59 Å². The van der Waals surface area contributed by atoms with E-state index in [2.05, 4.69) is 10.3 Å². The molecule has 1 heterocycles. The van der Waals surface area contributed by atoms with Crippen LogP contribution in [0.1, 0.15) is 11.6 Å². The molecule has 2 aromatic carbocycles. The second-order valence-corrected chi connectivity index (χ2v) is 6.10. The molecule has 3 aromatic rings. The van der Waals surface area contributed by atoms with E-state index in [1.807, 2.05) is 30.3 Å². The number of esters is 1. The molecule has 0 saturated heterocycles. The van der Waals surface area contributed by atoms with Crippen LogP contribution in [0.4, 0.5) is 0 Å². The SMILES string of the molecule is COC(=O)[C@@H](NC(=O)CSc1nc2ccccc2o1)c1ccccc1. The summed E-state index contributed by atoms with van der Waals surface area (Å²) in [5, 5.41) is 3.09. The molecule has 1 atom stereocenters. The molecule has 1 amide bonds. The van der Waals surface area contributed by atoms with E-state index in [-0.39, 0.29) is 11.7 Å². The summed E-state index contributed by atoms with van der Waals surface area (Å²) in [6, 6.07) is 15.5. The van der Waals surface area contributed by atoms with Gasteiger partial charge in [0.25, 0.3) is 5.22 Å². The van der Waals surface area contributed by atoms with Crippen LogP contribution in [0.2, 0.25) is 0 Å². The lowest BCUT2D eigenvalue weighted by Gasteiger charge is -2.16. The molecule has 25 heavy (non-hydrogen) atoms. The number of carbonyl (C=O) groups is 2. The highest BCUT2D eigenvalue weighted by Crippen LogP contribution is 2.23. The zero-order valence-corrected chi connectivity index (χ0v) is 14.3. The molecule has 0 fully saturated rings. The average molecular weight is 356 g/mol. The van der Waals surface area contributed by atoms with Crippen molar-refractivity contribution in [1.82, 2.24) is 10.3 Å². The highest BCUT2D eigenvalue weighted by molar-refractivity contribution is 7.99. The summed E-state index contributed by atoms with van der Waals surface area (Å²) in [4.78, 5) is 28.5. The smallest absolute Gasteiger partial charge is 0.333 e. The van der Waals surface area contributed by atoms with Crippen LogP contribution >= 0.6 is 11.8 Å². The number of benzene rings is 2. The van der Waals surface area contributed by atoms with E-state index in [4.69, 9.17) is 9.15 Å². The Kier molecular flexibility index (Phi) is 5.35. The number of ether oxygens (including phenoxy) is 1. The standard InChI is InChI=1S/C18H16N2O4S/c1-23-17(22)16(12-7-3-2-4-8-12)20-15(21)11-25-18-19-13-9-5-6-10-14(13)24-18/h2-10,16H,11H2,1H3,(H,20,21)/t16-/m0/s1. The molecule has 0 radical (unpaired) electrons. The van der Waals surface area contributed by atoms with Gasteiger partial charge in [-0.25, -0.2) is 9.78 Å². The molecule has 7 heteroatoms. The number of amides is 1. The molecule has 0 unspecified atom stereocenters. The Morgan fingerprint density at radius 3 is 2.60 bits per heavy atom. The first kappa shape index (κ1) is 17.0. The van der Waals surface area contributed by atoms with Crippen LogP contribution in [0.3, 0.4) is 0 Å². The van der Waals surface area contributed by atoms with Crippen molar-refractivity contribution >= 4 is 34.7 Å². The van der Waals surface area contributed by atoms with Crippen molar-refractivity contribution in [3.8, 4) is 0 Å². The first-order chi connectivity index (χ1) is 12.2. The van der Waals surface area contributed by atoms with Crippen molar-refractivity contribution < 1.29 is 18.7 Å². The number of oxazole rings is 1. The Hall–Kier alpha value is -2.80. The van der Waals surface area contributed by atoms with Crippen LogP contribution in [0, 0.1) is 0 Å². The fourth-order valence-electron chi connectivity index (χ4n) is 2.28. The number of rotatable bonds is 6. The van der Waals surface area contributed by atoms with Gasteiger partial charge in [-0.1, -0.05) is 54.2 Å². The maximum Gasteiger partial charge on any atom is 0.333 e. The van der Waals surface area contributed by atoms with Gasteiger partial charge in [0.15, 0.2) is 11.6 Å². The number of hydrogen-bond acceptors (Lipinski definition) is 6. The third kappa shape index (κ3) is 4.19. The van der Waals surface area contributed by atoms with E-state index in [0.717, 1.165) is 5.52 Å². The van der Waals surface area contributed by atoms with Gasteiger partial charge < -0.3 is 14.5 Å². The highest BCUT2D eigenvalue weighted by Gasteiger charge is 2.23. The lowest BCUT2D eigenvalue weighted by Crippen LogP contribution is -2.35. The van der Waals surface area contributed by atoms with Gasteiger partial charge in [-0.15, -0.1) is 0 Å². The van der Waals surface area contributed by atoms with Gasteiger partial charge in [0, 0.05) is 0 Å². The Labute approximate surface area is 148 Å². The molecule has 1 aromatic heterocycles. The maximum absolute atomic E-state index is 12.2. The topological polar surface area (TPSA) is 81.4 Å². The third-order valence-electron chi connectivity index (χ3n) is 3.48. The number of carbonyl (C=O) groups excluding carboxylic acids is 2. The molecular weight excluding hydrogens is 340 g/mol. The van der Waals surface area contributed by atoms with Crippen molar-refractivity contribution in [3.05, 3.63) is 60.2 Å². The molecule has 128 valence electrons. The van der Waals surface area contributed by atoms with Gasteiger partial charge in [0.05, 0.1) is 12.9 Å². The number of para-hydroxylation sites is 2. The molecule has 0 bridgehead atoms. The quantitative estimate of drug-likeness (QED) is 0.540. The van der Waals surface area contributed by atoms with E-state index < -0.39 is 12.0 Å². The Morgan fingerprint density at radius 1 is 1.16 bits per heavy atom. The summed E-state index contributed by atoms with van der Waals surface area (Å²) in [7, 11) is 1.29. The molecule has 3 rings (SSSR count). The van der Waals surface area contributed by atoms with Crippen LogP contribution in [-0.2, 0) is 14.3 Å². The summed E-state index contributed by atoms with van der Waals surface area (Å²) in [5.74, 6) is -0.759. The van der Waals surface area contributed by atoms with E-state index in [1.54, 1.807) is 24.3 Å². The fourth-order valence-corrected chi connectivity index (χ4v) is 2.93. The predicted molar refractivity (Wildman–Crippen MR) is 94.1 cm³/mol. The molecular formula is C18H16N2O4S. The molecule has 0 aliphatic carbocycles. The lowest BCUT2D eigenvalue weighted by molar-refractivity contribution is -0.145. The predicted octanol–water partition coefficient (Wildman–Crippen LogP) is 2.95. The van der Waals surface area contributed by atoms with E-state index >= 15 is 0 Å². The summed E-state index contributed by atoms with van der Waals surface area (Å²) < 4.78 is 10.3. The van der Waals surface area contributed by atoms with Crippen molar-refractivity contribution in [3.63, 3.8) is 0 Å². The molecule has 0 saturated carbocycles. The van der Waals surface area contributed by atoms with Crippen molar-refractivity contribution in [1.29, 1.82) is 0 Å². The zero-order valence-electron chi connectivity index (χ0n) is 13.5. The summed E-state index contributed by atoms with van der Waals surface area (Å²) >= 11 is 1.17. The van der Waals surface area contributed by atoms with E-state index in [0.29, 0.717) is 16.4 Å². The van der Waals surface area contributed by atoms with Crippen LogP contribution in [0.5, 0.6) is 0 Å². The molecule has 0 aliphatic rings. The summed E-state index contributed by atoms with van der Waals surface area (Å²) in [6.45, 7) is 0. The van der Waals surface area contributed by atoms with Crippen molar-refractivity contribution in [2.24, 2.45) is 0 Å². The van der Waals surface area contributed by atoms with Crippen molar-refractivity contribution in [2.75, 3.05) is 12.9 Å². The van der Waals surface area contributed by atoms with Gasteiger partial charge in [-0.2, -0.15) is 0 Å². The number of fused-ring (bicyclic) bond motifs is 1. The summed E-state index contributed by atoms with van der Waals surface area (Å²) in [6.07, 6.45) is 0. The molecule has 0 spiro atoms. The second-order valence-electron chi connectivity index (χ2n) is 5.17. The minimum absolute atomic E-state index is 0.0765. The van der Waals surface area contributed by atoms with Gasteiger partial charge >= 0.3 is 5.97 Å². The fraction of sp³-hybridized carbons (Fsp3) is 0.167. The number of nitrogens with one attached hydrogen (secondary N) is 1. The summed E-state index contributed by atoms with van der Waals surface area (Å²) in [5.41, 5.74) is 2.07. The number of nitrogens with zero attached hydrogens (tertiary/aromatic N) is 1. The number of aromatic nitrogens is 1. The Morgan fingerprint density at radius 2 is 1.88 bits per heavy atom. The molecule has 1 N–H and O–H groups in total.